The molecule has 0 aliphatic carbocycles. The van der Waals surface area contributed by atoms with Crippen LogP contribution in [0.2, 0.25) is 0 Å². The van der Waals surface area contributed by atoms with E-state index in [9.17, 15) is 14.7 Å². The fraction of sp³-hybridized carbons (Fsp3) is 0.500. The zero-order valence-electron chi connectivity index (χ0n) is 15.5. The highest BCUT2D eigenvalue weighted by atomic mass is 32.2. The fourth-order valence-corrected chi connectivity index (χ4v) is 4.80. The molecule has 2 N–H and O–H groups in total. The highest BCUT2D eigenvalue weighted by Gasteiger charge is 2.41. The van der Waals surface area contributed by atoms with Gasteiger partial charge in [0.25, 0.3) is 0 Å². The lowest BCUT2D eigenvalue weighted by molar-refractivity contribution is -0.122. The van der Waals surface area contributed by atoms with E-state index >= 15 is 0 Å². The van der Waals surface area contributed by atoms with Crippen molar-refractivity contribution >= 4 is 17.7 Å². The molecule has 1 fully saturated rings. The number of amides is 1. The van der Waals surface area contributed by atoms with Crippen molar-refractivity contribution < 1.29 is 18.7 Å². The minimum absolute atomic E-state index is 0.0927. The van der Waals surface area contributed by atoms with Gasteiger partial charge in [-0.25, -0.2) is 0 Å². The predicted octanol–water partition coefficient (Wildman–Crippen LogP) is 3.15. The van der Waals surface area contributed by atoms with Crippen LogP contribution in [0.3, 0.4) is 0 Å². The number of hydrogen-bond donors (Lipinski definition) is 2. The van der Waals surface area contributed by atoms with Gasteiger partial charge in [-0.15, -0.1) is 0 Å². The van der Waals surface area contributed by atoms with Crippen molar-refractivity contribution in [1.82, 2.24) is 5.32 Å². The van der Waals surface area contributed by atoms with Crippen molar-refractivity contribution in [3.05, 3.63) is 52.0 Å². The third-order valence-corrected chi connectivity index (χ3v) is 5.96. The zero-order valence-corrected chi connectivity index (χ0v) is 16.3. The average molecular weight is 391 g/mol. The molecule has 0 radical (unpaired) electrons. The third-order valence-electron chi connectivity index (χ3n) is 4.98. The Kier molecular flexibility index (Phi) is 6.31. The van der Waals surface area contributed by atoms with E-state index < -0.39 is 10.8 Å². The number of rotatable bonds is 7. The van der Waals surface area contributed by atoms with Crippen LogP contribution in [0.1, 0.15) is 43.0 Å². The second-order valence-corrected chi connectivity index (χ2v) is 8.23. The van der Waals surface area contributed by atoms with Gasteiger partial charge in [0.15, 0.2) is 5.76 Å². The van der Waals surface area contributed by atoms with Crippen LogP contribution in [0.15, 0.2) is 38.1 Å². The fourth-order valence-electron chi connectivity index (χ4n) is 3.52. The SMILES string of the molecule is Cc1cc(=O)c(O)c(C2(CC(=O)NCCCc3ccco3)CCSCC2)o1. The van der Waals surface area contributed by atoms with E-state index in [-0.39, 0.29) is 23.8 Å². The van der Waals surface area contributed by atoms with E-state index in [1.165, 1.54) is 6.07 Å². The highest BCUT2D eigenvalue weighted by Crippen LogP contribution is 2.43. The molecule has 0 saturated carbocycles. The summed E-state index contributed by atoms with van der Waals surface area (Å²) in [4.78, 5) is 24.6. The quantitative estimate of drug-likeness (QED) is 0.705. The largest absolute Gasteiger partial charge is 0.502 e. The first-order valence-electron chi connectivity index (χ1n) is 9.21. The van der Waals surface area contributed by atoms with Crippen molar-refractivity contribution in [2.45, 2.75) is 44.4 Å². The van der Waals surface area contributed by atoms with E-state index in [4.69, 9.17) is 8.83 Å². The summed E-state index contributed by atoms with van der Waals surface area (Å²) < 4.78 is 11.0. The number of furan rings is 1. The summed E-state index contributed by atoms with van der Waals surface area (Å²) in [5.74, 6) is 2.88. The molecular formula is C20H25NO5S. The molecule has 0 bridgehead atoms. The zero-order chi connectivity index (χ0) is 19.3. The Hall–Kier alpha value is -2.15. The molecular weight excluding hydrogens is 366 g/mol. The molecule has 146 valence electrons. The smallest absolute Gasteiger partial charge is 0.227 e. The van der Waals surface area contributed by atoms with Gasteiger partial charge in [0.2, 0.25) is 17.1 Å². The molecule has 1 saturated heterocycles. The molecule has 2 aromatic rings. The van der Waals surface area contributed by atoms with Crippen LogP contribution in [0.5, 0.6) is 5.75 Å². The normalized spacial score (nSPS) is 16.2. The third kappa shape index (κ3) is 4.77. The maximum absolute atomic E-state index is 12.6. The Morgan fingerprint density at radius 3 is 2.85 bits per heavy atom. The highest BCUT2D eigenvalue weighted by molar-refractivity contribution is 7.99. The molecule has 1 aliphatic heterocycles. The average Bonchev–Trinajstić information content (AvgIpc) is 3.16. The monoisotopic (exact) mass is 391 g/mol. The van der Waals surface area contributed by atoms with Crippen LogP contribution in [0.4, 0.5) is 0 Å². The molecule has 0 aromatic carbocycles. The van der Waals surface area contributed by atoms with E-state index in [0.717, 1.165) is 30.1 Å². The van der Waals surface area contributed by atoms with Crippen molar-refractivity contribution in [1.29, 1.82) is 0 Å². The maximum Gasteiger partial charge on any atom is 0.227 e. The van der Waals surface area contributed by atoms with Crippen LogP contribution >= 0.6 is 11.8 Å². The topological polar surface area (TPSA) is 92.7 Å². The number of nitrogens with one attached hydrogen (secondary N) is 1. The number of aromatic hydroxyl groups is 1. The minimum atomic E-state index is -0.633. The summed E-state index contributed by atoms with van der Waals surface area (Å²) in [5, 5.41) is 13.3. The van der Waals surface area contributed by atoms with Crippen molar-refractivity contribution in [3.63, 3.8) is 0 Å². The van der Waals surface area contributed by atoms with Gasteiger partial charge in [0, 0.05) is 30.9 Å². The van der Waals surface area contributed by atoms with Crippen molar-refractivity contribution in [3.8, 4) is 5.75 Å². The molecule has 6 nitrogen and oxygen atoms in total. The standard InChI is InChI=1S/C20H25NO5S/c1-14-12-16(22)18(24)19(26-14)20(6-10-27-11-7-20)13-17(23)21-8-2-4-15-5-3-9-25-15/h3,5,9,12,24H,2,4,6-8,10-11,13H2,1H3,(H,21,23). The summed E-state index contributed by atoms with van der Waals surface area (Å²) in [7, 11) is 0. The molecule has 27 heavy (non-hydrogen) atoms. The van der Waals surface area contributed by atoms with Crippen LogP contribution in [0, 0.1) is 6.92 Å². The number of carbonyl (C=O) groups excluding carboxylic acids is 1. The van der Waals surface area contributed by atoms with Gasteiger partial charge >= 0.3 is 0 Å². The molecule has 3 heterocycles. The van der Waals surface area contributed by atoms with Crippen molar-refractivity contribution in [2.24, 2.45) is 0 Å². The molecule has 2 aromatic heterocycles. The predicted molar refractivity (Wildman–Crippen MR) is 104 cm³/mol. The molecule has 0 unspecified atom stereocenters. The van der Waals surface area contributed by atoms with Gasteiger partial charge in [-0.3, -0.25) is 9.59 Å². The van der Waals surface area contributed by atoms with Gasteiger partial charge in [0.05, 0.1) is 6.26 Å². The van der Waals surface area contributed by atoms with Crippen LogP contribution < -0.4 is 10.7 Å². The summed E-state index contributed by atoms with van der Waals surface area (Å²) in [6.07, 6.45) is 4.78. The second-order valence-electron chi connectivity index (χ2n) is 7.00. The van der Waals surface area contributed by atoms with Crippen molar-refractivity contribution in [2.75, 3.05) is 18.1 Å². The number of thioether (sulfide) groups is 1. The van der Waals surface area contributed by atoms with Crippen LogP contribution in [-0.4, -0.2) is 29.1 Å². The Morgan fingerprint density at radius 2 is 2.15 bits per heavy atom. The van der Waals surface area contributed by atoms with Gasteiger partial charge in [0.1, 0.15) is 11.5 Å². The van der Waals surface area contributed by atoms with Crippen LogP contribution in [-0.2, 0) is 16.6 Å². The molecule has 3 rings (SSSR count). The summed E-state index contributed by atoms with van der Waals surface area (Å²) >= 11 is 1.81. The Labute approximate surface area is 162 Å². The second kappa shape index (κ2) is 8.69. The molecule has 0 spiro atoms. The Morgan fingerprint density at radius 1 is 1.37 bits per heavy atom. The molecule has 0 atom stereocenters. The first-order valence-corrected chi connectivity index (χ1v) is 10.4. The first-order chi connectivity index (χ1) is 13.0. The molecule has 7 heteroatoms. The van der Waals surface area contributed by atoms with E-state index in [1.54, 1.807) is 13.2 Å². The van der Waals surface area contributed by atoms with E-state index in [2.05, 4.69) is 5.32 Å². The van der Waals surface area contributed by atoms with E-state index in [1.807, 2.05) is 23.9 Å². The Balaban J connectivity index is 1.68. The van der Waals surface area contributed by atoms with Crippen LogP contribution in [0.25, 0.3) is 0 Å². The first kappa shape index (κ1) is 19.6. The van der Waals surface area contributed by atoms with Gasteiger partial charge < -0.3 is 19.3 Å². The lowest BCUT2D eigenvalue weighted by Crippen LogP contribution is -2.38. The lowest BCUT2D eigenvalue weighted by atomic mass is 9.75. The van der Waals surface area contributed by atoms with Gasteiger partial charge in [-0.05, 0) is 49.8 Å². The number of hydrogen-bond acceptors (Lipinski definition) is 6. The van der Waals surface area contributed by atoms with E-state index in [0.29, 0.717) is 25.1 Å². The number of aryl methyl sites for hydroxylation is 2. The number of carbonyl (C=O) groups is 1. The summed E-state index contributed by atoms with van der Waals surface area (Å²) in [6, 6.07) is 5.04. The summed E-state index contributed by atoms with van der Waals surface area (Å²) in [6.45, 7) is 2.23. The minimum Gasteiger partial charge on any atom is -0.502 e. The summed E-state index contributed by atoms with van der Waals surface area (Å²) in [5.41, 5.74) is -1.09. The molecule has 1 amide bonds. The maximum atomic E-state index is 12.6. The molecule has 1 aliphatic rings. The van der Waals surface area contributed by atoms with Gasteiger partial charge in [-0.1, -0.05) is 0 Å². The van der Waals surface area contributed by atoms with Gasteiger partial charge in [-0.2, -0.15) is 11.8 Å². The lowest BCUT2D eigenvalue weighted by Gasteiger charge is -2.35. The Bertz CT molecular complexity index is 821.